The third kappa shape index (κ3) is 3.93. The molecule has 0 saturated carbocycles. The number of aromatic hydroxyl groups is 1. The molecule has 1 saturated heterocycles. The average molecular weight is 357 g/mol. The highest BCUT2D eigenvalue weighted by Gasteiger charge is 2.34. The number of rotatable bonds is 5. The number of likely N-dealkylation sites (tertiary alicyclic amines) is 1. The molecule has 1 aromatic heterocycles. The highest BCUT2D eigenvalue weighted by Crippen LogP contribution is 2.34. The summed E-state index contributed by atoms with van der Waals surface area (Å²) < 4.78 is 11.5. The molecule has 3 rings (SSSR count). The molecule has 2 atom stereocenters. The molecule has 2 heterocycles. The number of phenols is 1. The number of furan rings is 1. The Hall–Kier alpha value is -2.27. The number of aryl methyl sites for hydroxylation is 1. The third-order valence-corrected chi connectivity index (χ3v) is 5.05. The fourth-order valence-electron chi connectivity index (χ4n) is 3.61. The molecule has 1 fully saturated rings. The van der Waals surface area contributed by atoms with Gasteiger partial charge >= 0.3 is 0 Å². The van der Waals surface area contributed by atoms with E-state index in [0.717, 1.165) is 49.2 Å². The molecule has 1 aliphatic heterocycles. The van der Waals surface area contributed by atoms with E-state index in [1.165, 1.54) is 0 Å². The van der Waals surface area contributed by atoms with Crippen LogP contribution in [0.4, 0.5) is 0 Å². The van der Waals surface area contributed by atoms with Crippen molar-refractivity contribution in [1.29, 1.82) is 0 Å². The molecule has 1 aliphatic rings. The fraction of sp³-hybridized carbons (Fsp3) is 0.476. The molecule has 140 valence electrons. The van der Waals surface area contributed by atoms with Crippen LogP contribution >= 0.6 is 0 Å². The number of carbonyl (C=O) groups is 1. The van der Waals surface area contributed by atoms with Gasteiger partial charge in [0.1, 0.15) is 17.3 Å². The second-order valence-electron chi connectivity index (χ2n) is 6.76. The van der Waals surface area contributed by atoms with Gasteiger partial charge in [0, 0.05) is 20.1 Å². The minimum atomic E-state index is -0.684. The molecule has 1 aromatic carbocycles. The Morgan fingerprint density at radius 3 is 2.65 bits per heavy atom. The molecule has 2 aromatic rings. The average Bonchev–Trinajstić information content (AvgIpc) is 3.00. The zero-order valence-corrected chi connectivity index (χ0v) is 15.5. The van der Waals surface area contributed by atoms with Crippen LogP contribution in [0.15, 0.2) is 40.8 Å². The minimum Gasteiger partial charge on any atom is -0.508 e. The van der Waals surface area contributed by atoms with Crippen LogP contribution in [0, 0.1) is 0 Å². The van der Waals surface area contributed by atoms with Crippen molar-refractivity contribution in [1.82, 2.24) is 4.90 Å². The molecule has 1 amide bonds. The van der Waals surface area contributed by atoms with Gasteiger partial charge in [-0.2, -0.15) is 0 Å². The smallest absolute Gasteiger partial charge is 0.256 e. The van der Waals surface area contributed by atoms with Gasteiger partial charge in [0.2, 0.25) is 0 Å². The van der Waals surface area contributed by atoms with Gasteiger partial charge in [-0.25, -0.2) is 0 Å². The molecule has 1 N–H and O–H groups in total. The molecule has 0 bridgehead atoms. The normalized spacial score (nSPS) is 19.2. The number of benzene rings is 1. The Kier molecular flexibility index (Phi) is 5.99. The van der Waals surface area contributed by atoms with Crippen molar-refractivity contribution in [2.45, 2.75) is 51.2 Å². The van der Waals surface area contributed by atoms with E-state index < -0.39 is 6.10 Å². The lowest BCUT2D eigenvalue weighted by Gasteiger charge is -2.31. The Balaban J connectivity index is 1.88. The lowest BCUT2D eigenvalue weighted by Crippen LogP contribution is -2.38. The molecule has 0 unspecified atom stereocenters. The zero-order chi connectivity index (χ0) is 18.5. The third-order valence-electron chi connectivity index (χ3n) is 5.05. The Bertz CT molecular complexity index is 722. The first-order chi connectivity index (χ1) is 12.6. The second kappa shape index (κ2) is 8.41. The maximum absolute atomic E-state index is 13.3. The SMILES string of the molecule is CCc1ccc([C@H]2CCCCCN2C(=O)[C@H](OC)c2ccc(O)cc2)o1. The quantitative estimate of drug-likeness (QED) is 0.862. The summed E-state index contributed by atoms with van der Waals surface area (Å²) in [5, 5.41) is 9.50. The van der Waals surface area contributed by atoms with Crippen LogP contribution in [-0.4, -0.2) is 29.6 Å². The van der Waals surface area contributed by atoms with Crippen LogP contribution in [-0.2, 0) is 16.0 Å². The maximum Gasteiger partial charge on any atom is 0.256 e. The van der Waals surface area contributed by atoms with Gasteiger partial charge in [-0.3, -0.25) is 4.79 Å². The monoisotopic (exact) mass is 357 g/mol. The van der Waals surface area contributed by atoms with Gasteiger partial charge in [0.05, 0.1) is 6.04 Å². The van der Waals surface area contributed by atoms with Crippen molar-refractivity contribution >= 4 is 5.91 Å². The van der Waals surface area contributed by atoms with Gasteiger partial charge in [-0.05, 0) is 42.7 Å². The van der Waals surface area contributed by atoms with Crippen LogP contribution in [0.25, 0.3) is 0 Å². The Morgan fingerprint density at radius 1 is 1.23 bits per heavy atom. The predicted molar refractivity (Wildman–Crippen MR) is 98.9 cm³/mol. The Labute approximate surface area is 154 Å². The van der Waals surface area contributed by atoms with Crippen LogP contribution in [0.1, 0.15) is 61.8 Å². The van der Waals surface area contributed by atoms with Crippen molar-refractivity contribution in [2.24, 2.45) is 0 Å². The van der Waals surface area contributed by atoms with Gasteiger partial charge in [0.15, 0.2) is 6.10 Å². The lowest BCUT2D eigenvalue weighted by molar-refractivity contribution is -0.145. The molecule has 26 heavy (non-hydrogen) atoms. The molecule has 5 heteroatoms. The number of methoxy groups -OCH3 is 1. The number of hydrogen-bond donors (Lipinski definition) is 1. The lowest BCUT2D eigenvalue weighted by atomic mass is 10.0. The van der Waals surface area contributed by atoms with E-state index in [-0.39, 0.29) is 17.7 Å². The van der Waals surface area contributed by atoms with E-state index in [1.54, 1.807) is 31.4 Å². The maximum atomic E-state index is 13.3. The topological polar surface area (TPSA) is 62.9 Å². The van der Waals surface area contributed by atoms with E-state index in [0.29, 0.717) is 6.54 Å². The molecule has 0 spiro atoms. The summed E-state index contributed by atoms with van der Waals surface area (Å²) in [7, 11) is 1.55. The first-order valence-corrected chi connectivity index (χ1v) is 9.34. The van der Waals surface area contributed by atoms with Crippen LogP contribution in [0.3, 0.4) is 0 Å². The number of carbonyl (C=O) groups excluding carboxylic acids is 1. The number of nitrogens with zero attached hydrogens (tertiary/aromatic N) is 1. The van der Waals surface area contributed by atoms with Crippen molar-refractivity contribution < 1.29 is 19.1 Å². The zero-order valence-electron chi connectivity index (χ0n) is 15.5. The number of ether oxygens (including phenoxy) is 1. The molecule has 5 nitrogen and oxygen atoms in total. The largest absolute Gasteiger partial charge is 0.508 e. The fourth-order valence-corrected chi connectivity index (χ4v) is 3.61. The number of phenolic OH excluding ortho intramolecular Hbond substituents is 1. The van der Waals surface area contributed by atoms with E-state index in [2.05, 4.69) is 6.92 Å². The summed E-state index contributed by atoms with van der Waals surface area (Å²) in [5.74, 6) is 1.92. The molecular weight excluding hydrogens is 330 g/mol. The predicted octanol–water partition coefficient (Wildman–Crippen LogP) is 4.38. The summed E-state index contributed by atoms with van der Waals surface area (Å²) in [6.07, 6.45) is 4.22. The highest BCUT2D eigenvalue weighted by atomic mass is 16.5. The van der Waals surface area contributed by atoms with Crippen LogP contribution in [0.5, 0.6) is 5.75 Å². The number of amides is 1. The van der Waals surface area contributed by atoms with Crippen molar-refractivity contribution in [3.63, 3.8) is 0 Å². The van der Waals surface area contributed by atoms with Gasteiger partial charge < -0.3 is 19.2 Å². The molecular formula is C21H27NO4. The van der Waals surface area contributed by atoms with Gasteiger partial charge in [0.25, 0.3) is 5.91 Å². The molecule has 0 aliphatic carbocycles. The van der Waals surface area contributed by atoms with Crippen LogP contribution in [0.2, 0.25) is 0 Å². The Morgan fingerprint density at radius 2 is 2.00 bits per heavy atom. The summed E-state index contributed by atoms with van der Waals surface area (Å²) in [5.41, 5.74) is 0.743. The summed E-state index contributed by atoms with van der Waals surface area (Å²) >= 11 is 0. The molecule has 0 radical (unpaired) electrons. The standard InChI is InChI=1S/C21H27NO4/c1-3-17-12-13-19(26-17)18-7-5-4-6-14-22(18)21(24)20(25-2)15-8-10-16(23)11-9-15/h8-13,18,20,23H,3-7,14H2,1-2H3/t18-,20-/m1/s1. The van der Waals surface area contributed by atoms with Gasteiger partial charge in [-0.1, -0.05) is 31.9 Å². The van der Waals surface area contributed by atoms with E-state index >= 15 is 0 Å². The minimum absolute atomic E-state index is 0.0555. The van der Waals surface area contributed by atoms with Gasteiger partial charge in [-0.15, -0.1) is 0 Å². The van der Waals surface area contributed by atoms with E-state index in [4.69, 9.17) is 9.15 Å². The van der Waals surface area contributed by atoms with Crippen LogP contribution < -0.4 is 0 Å². The number of hydrogen-bond acceptors (Lipinski definition) is 4. The van der Waals surface area contributed by atoms with E-state index in [1.807, 2.05) is 17.0 Å². The summed E-state index contributed by atoms with van der Waals surface area (Å²) in [6.45, 7) is 2.76. The highest BCUT2D eigenvalue weighted by molar-refractivity contribution is 5.82. The van der Waals surface area contributed by atoms with Crippen molar-refractivity contribution in [3.8, 4) is 5.75 Å². The summed E-state index contributed by atoms with van der Waals surface area (Å²) in [4.78, 5) is 15.2. The first kappa shape index (κ1) is 18.5. The van der Waals surface area contributed by atoms with Crippen molar-refractivity contribution in [3.05, 3.63) is 53.5 Å². The summed E-state index contributed by atoms with van der Waals surface area (Å²) in [6, 6.07) is 10.6. The van der Waals surface area contributed by atoms with E-state index in [9.17, 15) is 9.90 Å². The van der Waals surface area contributed by atoms with Crippen molar-refractivity contribution in [2.75, 3.05) is 13.7 Å². The second-order valence-corrected chi connectivity index (χ2v) is 6.76. The first-order valence-electron chi connectivity index (χ1n) is 9.34.